The molecule has 146 valence electrons. The summed E-state index contributed by atoms with van der Waals surface area (Å²) in [5.74, 6) is 1.10. The molecule has 2 fully saturated rings. The maximum Gasteiger partial charge on any atom is 0.250 e. The average Bonchev–Trinajstić information content (AvgIpc) is 2.75. The first-order valence-electron chi connectivity index (χ1n) is 10.5. The standard InChI is InChI=1S/C22H26N4O2/c27-20-7-6-19(18-9-23-14-24-10-18)21-17-8-15(12-26(20)21)11-25(13-17)22(28)16-4-2-1-3-5-16/h6-7,9-10,14-17H,1-5,8,11-13H2. The second-order valence-corrected chi connectivity index (χ2v) is 8.59. The normalized spacial score (nSPS) is 24.6. The van der Waals surface area contributed by atoms with Gasteiger partial charge in [-0.05, 0) is 31.2 Å². The average molecular weight is 378 g/mol. The summed E-state index contributed by atoms with van der Waals surface area (Å²) in [5, 5.41) is 0. The molecule has 2 aromatic heterocycles. The largest absolute Gasteiger partial charge is 0.341 e. The van der Waals surface area contributed by atoms with Crippen molar-refractivity contribution < 1.29 is 4.79 Å². The molecule has 0 radical (unpaired) electrons. The smallest absolute Gasteiger partial charge is 0.250 e. The molecular formula is C22H26N4O2. The summed E-state index contributed by atoms with van der Waals surface area (Å²) < 4.78 is 1.93. The van der Waals surface area contributed by atoms with E-state index in [1.165, 1.54) is 25.6 Å². The first-order chi connectivity index (χ1) is 13.7. The number of likely N-dealkylation sites (tertiary alicyclic amines) is 1. The highest BCUT2D eigenvalue weighted by Crippen LogP contribution is 2.40. The van der Waals surface area contributed by atoms with E-state index in [0.29, 0.717) is 18.4 Å². The van der Waals surface area contributed by atoms with Crippen LogP contribution in [0.1, 0.15) is 50.1 Å². The van der Waals surface area contributed by atoms with Crippen LogP contribution in [-0.4, -0.2) is 38.4 Å². The van der Waals surface area contributed by atoms with Crippen molar-refractivity contribution in [2.45, 2.75) is 51.0 Å². The van der Waals surface area contributed by atoms with Crippen LogP contribution in [-0.2, 0) is 11.3 Å². The minimum absolute atomic E-state index is 0.0531. The number of pyridine rings is 1. The number of carbonyl (C=O) groups excluding carboxylic acids is 1. The molecule has 5 rings (SSSR count). The quantitative estimate of drug-likeness (QED) is 0.806. The fraction of sp³-hybridized carbons (Fsp3) is 0.545. The molecule has 2 aliphatic heterocycles. The number of aromatic nitrogens is 3. The summed E-state index contributed by atoms with van der Waals surface area (Å²) in [5.41, 5.74) is 3.06. The molecule has 6 heteroatoms. The Morgan fingerprint density at radius 2 is 1.79 bits per heavy atom. The molecule has 0 spiro atoms. The summed E-state index contributed by atoms with van der Waals surface area (Å²) in [6.45, 7) is 2.20. The Morgan fingerprint density at radius 3 is 2.57 bits per heavy atom. The van der Waals surface area contributed by atoms with Crippen LogP contribution in [0.4, 0.5) is 0 Å². The summed E-state index contributed by atoms with van der Waals surface area (Å²) in [6, 6.07) is 3.55. The lowest BCUT2D eigenvalue weighted by Crippen LogP contribution is -2.51. The van der Waals surface area contributed by atoms with Crippen molar-refractivity contribution in [3.63, 3.8) is 0 Å². The van der Waals surface area contributed by atoms with Crippen molar-refractivity contribution in [2.75, 3.05) is 13.1 Å². The van der Waals surface area contributed by atoms with Gasteiger partial charge in [0.1, 0.15) is 6.33 Å². The predicted molar refractivity (Wildman–Crippen MR) is 106 cm³/mol. The van der Waals surface area contributed by atoms with Crippen molar-refractivity contribution in [1.29, 1.82) is 0 Å². The zero-order valence-electron chi connectivity index (χ0n) is 16.1. The van der Waals surface area contributed by atoms with Gasteiger partial charge in [0.2, 0.25) is 5.91 Å². The summed E-state index contributed by atoms with van der Waals surface area (Å²) in [7, 11) is 0. The molecule has 1 saturated heterocycles. The van der Waals surface area contributed by atoms with E-state index < -0.39 is 0 Å². The van der Waals surface area contributed by atoms with Gasteiger partial charge in [0.05, 0.1) is 0 Å². The highest BCUT2D eigenvalue weighted by Gasteiger charge is 2.39. The molecule has 2 atom stereocenters. The van der Waals surface area contributed by atoms with E-state index in [-0.39, 0.29) is 17.4 Å². The number of hydrogen-bond acceptors (Lipinski definition) is 4. The van der Waals surface area contributed by atoms with Crippen molar-refractivity contribution in [3.8, 4) is 11.1 Å². The van der Waals surface area contributed by atoms with Crippen molar-refractivity contribution >= 4 is 5.91 Å². The van der Waals surface area contributed by atoms with Crippen LogP contribution >= 0.6 is 0 Å². The fourth-order valence-electron chi connectivity index (χ4n) is 5.48. The molecule has 1 amide bonds. The topological polar surface area (TPSA) is 68.1 Å². The van der Waals surface area contributed by atoms with E-state index in [0.717, 1.165) is 49.2 Å². The van der Waals surface area contributed by atoms with Crippen LogP contribution in [0.3, 0.4) is 0 Å². The van der Waals surface area contributed by atoms with E-state index in [4.69, 9.17) is 0 Å². The van der Waals surface area contributed by atoms with Gasteiger partial charge in [-0.1, -0.05) is 19.3 Å². The molecule has 1 aliphatic carbocycles. The lowest BCUT2D eigenvalue weighted by Gasteiger charge is -2.44. The maximum atomic E-state index is 13.2. The number of carbonyl (C=O) groups is 1. The first-order valence-corrected chi connectivity index (χ1v) is 10.5. The zero-order chi connectivity index (χ0) is 19.1. The molecule has 2 aromatic rings. The SMILES string of the molecule is O=C(C1CCCCC1)N1CC2CC(C1)c1c(-c3cncnc3)ccc(=O)n1C2. The Labute approximate surface area is 164 Å². The second kappa shape index (κ2) is 7.15. The molecule has 4 heterocycles. The summed E-state index contributed by atoms with van der Waals surface area (Å²) in [6.07, 6.45) is 11.8. The fourth-order valence-corrected chi connectivity index (χ4v) is 5.48. The van der Waals surface area contributed by atoms with E-state index >= 15 is 0 Å². The van der Waals surface area contributed by atoms with Crippen molar-refractivity contribution in [3.05, 3.63) is 46.9 Å². The Bertz CT molecular complexity index is 933. The third kappa shape index (κ3) is 3.05. The van der Waals surface area contributed by atoms with Gasteiger partial charge in [-0.25, -0.2) is 9.97 Å². The van der Waals surface area contributed by atoms with E-state index in [9.17, 15) is 9.59 Å². The van der Waals surface area contributed by atoms with E-state index in [1.54, 1.807) is 18.5 Å². The highest BCUT2D eigenvalue weighted by molar-refractivity contribution is 5.79. The number of fused-ring (bicyclic) bond motifs is 4. The monoisotopic (exact) mass is 378 g/mol. The van der Waals surface area contributed by atoms with E-state index in [2.05, 4.69) is 14.9 Å². The van der Waals surface area contributed by atoms with Crippen molar-refractivity contribution in [2.24, 2.45) is 11.8 Å². The lowest BCUT2D eigenvalue weighted by molar-refractivity contribution is -0.139. The van der Waals surface area contributed by atoms with Gasteiger partial charge >= 0.3 is 0 Å². The molecule has 28 heavy (non-hydrogen) atoms. The van der Waals surface area contributed by atoms with Crippen LogP contribution in [0.25, 0.3) is 11.1 Å². The molecule has 3 aliphatic rings. The molecule has 2 bridgehead atoms. The Balaban J connectivity index is 1.49. The molecular weight excluding hydrogens is 352 g/mol. The van der Waals surface area contributed by atoms with Gasteiger partial charge in [0, 0.05) is 66.8 Å². The minimum Gasteiger partial charge on any atom is -0.341 e. The molecule has 2 unspecified atom stereocenters. The summed E-state index contributed by atoms with van der Waals surface area (Å²) >= 11 is 0. The van der Waals surface area contributed by atoms with Gasteiger partial charge in [-0.15, -0.1) is 0 Å². The zero-order valence-corrected chi connectivity index (χ0v) is 16.1. The number of piperidine rings is 1. The van der Waals surface area contributed by atoms with Gasteiger partial charge in [0.25, 0.3) is 5.56 Å². The van der Waals surface area contributed by atoms with E-state index in [1.807, 2.05) is 10.6 Å². The van der Waals surface area contributed by atoms with Crippen LogP contribution in [0, 0.1) is 11.8 Å². The molecule has 6 nitrogen and oxygen atoms in total. The van der Waals surface area contributed by atoms with Crippen LogP contribution in [0.2, 0.25) is 0 Å². The Morgan fingerprint density at radius 1 is 1.00 bits per heavy atom. The summed E-state index contributed by atoms with van der Waals surface area (Å²) in [4.78, 5) is 36.2. The number of amides is 1. The van der Waals surface area contributed by atoms with Crippen LogP contribution in [0.5, 0.6) is 0 Å². The van der Waals surface area contributed by atoms with Gasteiger partial charge in [-0.2, -0.15) is 0 Å². The number of rotatable bonds is 2. The van der Waals surface area contributed by atoms with Gasteiger partial charge < -0.3 is 9.47 Å². The van der Waals surface area contributed by atoms with Crippen LogP contribution < -0.4 is 5.56 Å². The number of nitrogens with zero attached hydrogens (tertiary/aromatic N) is 4. The molecule has 0 aromatic carbocycles. The molecule has 1 saturated carbocycles. The van der Waals surface area contributed by atoms with Gasteiger partial charge in [0.15, 0.2) is 0 Å². The Kier molecular flexibility index (Phi) is 4.49. The second-order valence-electron chi connectivity index (χ2n) is 8.59. The maximum absolute atomic E-state index is 13.2. The predicted octanol–water partition coefficient (Wildman–Crippen LogP) is 2.83. The molecule has 0 N–H and O–H groups in total. The van der Waals surface area contributed by atoms with Crippen LogP contribution in [0.15, 0.2) is 35.6 Å². The highest BCUT2D eigenvalue weighted by atomic mass is 16.2. The van der Waals surface area contributed by atoms with Gasteiger partial charge in [-0.3, -0.25) is 9.59 Å². The third-order valence-electron chi connectivity index (χ3n) is 6.73. The lowest BCUT2D eigenvalue weighted by atomic mass is 9.79. The third-order valence-corrected chi connectivity index (χ3v) is 6.73. The Hall–Kier alpha value is -2.50. The number of hydrogen-bond donors (Lipinski definition) is 0. The minimum atomic E-state index is 0.0531. The first kappa shape index (κ1) is 17.6. The van der Waals surface area contributed by atoms with Crippen molar-refractivity contribution in [1.82, 2.24) is 19.4 Å².